The first-order valence-corrected chi connectivity index (χ1v) is 12.2. The number of sulfonamides is 1. The maximum absolute atomic E-state index is 13.5. The van der Waals surface area contributed by atoms with Gasteiger partial charge in [0, 0.05) is 23.8 Å². The Balaban J connectivity index is 2.01. The number of benzene rings is 2. The molecule has 0 radical (unpaired) electrons. The molecule has 1 atom stereocenters. The summed E-state index contributed by atoms with van der Waals surface area (Å²) < 4.78 is 39.8. The summed E-state index contributed by atoms with van der Waals surface area (Å²) in [5, 5.41) is 4.74. The van der Waals surface area contributed by atoms with Gasteiger partial charge in [0.15, 0.2) is 11.9 Å². The summed E-state index contributed by atoms with van der Waals surface area (Å²) in [6.07, 6.45) is 4.61. The molecule has 0 bridgehead atoms. The van der Waals surface area contributed by atoms with Crippen LogP contribution in [0.15, 0.2) is 88.9 Å². The number of hydrogen-bond donors (Lipinski definition) is 1. The van der Waals surface area contributed by atoms with Crippen LogP contribution in [-0.4, -0.2) is 48.8 Å². The number of fused-ring (bicyclic) bond motifs is 1. The van der Waals surface area contributed by atoms with E-state index in [9.17, 15) is 17.6 Å². The van der Waals surface area contributed by atoms with E-state index in [4.69, 9.17) is 10.8 Å². The molecule has 1 amide bonds. The number of hydrogen-bond acceptors (Lipinski definition) is 4. The zero-order valence-corrected chi connectivity index (χ0v) is 19.3. The smallest absolute Gasteiger partial charge is 0.257 e. The Hall–Kier alpha value is -3.56. The van der Waals surface area contributed by atoms with Crippen molar-refractivity contribution in [1.29, 1.82) is 0 Å². The van der Waals surface area contributed by atoms with Gasteiger partial charge in [0.25, 0.3) is 5.91 Å². The van der Waals surface area contributed by atoms with E-state index >= 15 is 0 Å². The van der Waals surface area contributed by atoms with E-state index in [-0.39, 0.29) is 16.7 Å². The first-order chi connectivity index (χ1) is 15.5. The summed E-state index contributed by atoms with van der Waals surface area (Å²) in [4.78, 5) is 12.6. The fourth-order valence-electron chi connectivity index (χ4n) is 4.16. The molecule has 0 aliphatic carbocycles. The fourth-order valence-corrected chi connectivity index (χ4v) is 5.13. The quantitative estimate of drug-likeness (QED) is 0.662. The molecule has 0 aromatic heterocycles. The minimum absolute atomic E-state index is 0.204. The summed E-state index contributed by atoms with van der Waals surface area (Å²) in [6.45, 7) is 1.97. The van der Waals surface area contributed by atoms with Gasteiger partial charge in [-0.1, -0.05) is 35.4 Å². The third-order valence-electron chi connectivity index (χ3n) is 5.62. The Kier molecular flexibility index (Phi) is 5.55. The molecule has 0 saturated heterocycles. The van der Waals surface area contributed by atoms with Crippen LogP contribution in [0.3, 0.4) is 0 Å². The molecule has 2 aliphatic rings. The molecule has 170 valence electrons. The van der Waals surface area contributed by atoms with E-state index in [2.05, 4.69) is 0 Å². The average Bonchev–Trinajstić information content (AvgIpc) is 3.06. The molecule has 1 unspecified atom stereocenters. The highest BCUT2D eigenvalue weighted by atomic mass is 32.2. The Morgan fingerprint density at radius 1 is 1.09 bits per heavy atom. The van der Waals surface area contributed by atoms with Gasteiger partial charge in [0.1, 0.15) is 29.8 Å². The Labute approximate surface area is 192 Å². The lowest BCUT2D eigenvalue weighted by Crippen LogP contribution is -2.38. The number of halogens is 1. The maximum Gasteiger partial charge on any atom is 0.257 e. The van der Waals surface area contributed by atoms with Crippen molar-refractivity contribution in [3.63, 3.8) is 0 Å². The number of rotatable bonds is 6. The standard InChI is InChI=1S/C24H23FN4O3S/c1-4-28(33(3,31)32)20-15-29(2)21(14-19(20)16-8-6-5-7-9-16)22(24(26)30)23(27-29)17-10-12-18(25)13-11-17/h5-15H,4H2,1-3H3,(H-,26,30)/p+1. The zero-order chi connectivity index (χ0) is 24.0. The average molecular weight is 468 g/mol. The van der Waals surface area contributed by atoms with Gasteiger partial charge in [0.05, 0.1) is 6.26 Å². The summed E-state index contributed by atoms with van der Waals surface area (Å²) in [5.41, 5.74) is 9.20. The summed E-state index contributed by atoms with van der Waals surface area (Å²) in [7, 11) is -1.86. The SMILES string of the molecule is CCN(C1=C[N+]2(C)N=C(c3ccc(F)cc3)C(C(N)=O)=C2C=C1c1ccccc1)S(C)(=O)=O. The molecular weight excluding hydrogens is 443 g/mol. The molecule has 33 heavy (non-hydrogen) atoms. The number of allylic oxidation sites excluding steroid dienone is 2. The van der Waals surface area contributed by atoms with Crippen LogP contribution >= 0.6 is 0 Å². The lowest BCUT2D eigenvalue weighted by Gasteiger charge is -2.32. The lowest BCUT2D eigenvalue weighted by molar-refractivity contribution is -0.822. The Morgan fingerprint density at radius 3 is 2.27 bits per heavy atom. The summed E-state index contributed by atoms with van der Waals surface area (Å²) >= 11 is 0. The predicted molar refractivity (Wildman–Crippen MR) is 125 cm³/mol. The molecule has 7 nitrogen and oxygen atoms in total. The van der Waals surface area contributed by atoms with Gasteiger partial charge in [-0.3, -0.25) is 9.10 Å². The van der Waals surface area contributed by atoms with Gasteiger partial charge in [-0.05, 0) is 36.8 Å². The van der Waals surface area contributed by atoms with Gasteiger partial charge in [-0.15, -0.1) is 4.59 Å². The number of amides is 1. The molecule has 2 N–H and O–H groups in total. The normalized spacial score (nSPS) is 20.1. The van der Waals surface area contributed by atoms with Crippen LogP contribution in [0.4, 0.5) is 4.39 Å². The molecule has 0 fully saturated rings. The number of likely N-dealkylation sites (N-methyl/N-ethyl adjacent to an activating group) is 2. The topological polar surface area (TPSA) is 92.8 Å². The van der Waals surface area contributed by atoms with E-state index in [0.717, 1.165) is 11.8 Å². The number of primary amides is 1. The van der Waals surface area contributed by atoms with Crippen molar-refractivity contribution in [2.24, 2.45) is 10.8 Å². The van der Waals surface area contributed by atoms with Crippen LogP contribution in [0, 0.1) is 5.82 Å². The second-order valence-electron chi connectivity index (χ2n) is 7.97. The summed E-state index contributed by atoms with van der Waals surface area (Å²) in [5.74, 6) is -1.09. The van der Waals surface area contributed by atoms with Crippen molar-refractivity contribution in [2.75, 3.05) is 19.8 Å². The summed E-state index contributed by atoms with van der Waals surface area (Å²) in [6, 6.07) is 14.9. The molecule has 4 rings (SSSR count). The highest BCUT2D eigenvalue weighted by molar-refractivity contribution is 7.88. The molecular formula is C24H24FN4O3S+. The zero-order valence-electron chi connectivity index (χ0n) is 18.5. The third kappa shape index (κ3) is 4.01. The largest absolute Gasteiger partial charge is 0.365 e. The minimum Gasteiger partial charge on any atom is -0.365 e. The molecule has 2 aromatic carbocycles. The van der Waals surface area contributed by atoms with Gasteiger partial charge in [0.2, 0.25) is 10.0 Å². The molecule has 2 aliphatic heterocycles. The van der Waals surface area contributed by atoms with Crippen LogP contribution in [0.1, 0.15) is 18.1 Å². The Bertz CT molecular complexity index is 1360. The number of carbonyl (C=O) groups excluding carboxylic acids is 1. The number of nitrogens with zero attached hydrogens (tertiary/aromatic N) is 3. The molecule has 2 aromatic rings. The van der Waals surface area contributed by atoms with E-state index in [1.54, 1.807) is 26.2 Å². The van der Waals surface area contributed by atoms with Crippen molar-refractivity contribution < 1.29 is 22.2 Å². The highest BCUT2D eigenvalue weighted by Gasteiger charge is 2.45. The van der Waals surface area contributed by atoms with E-state index < -0.39 is 21.7 Å². The number of carbonyl (C=O) groups is 1. The first kappa shape index (κ1) is 22.6. The highest BCUT2D eigenvalue weighted by Crippen LogP contribution is 2.42. The molecule has 0 spiro atoms. The van der Waals surface area contributed by atoms with Crippen LogP contribution in [0.2, 0.25) is 0 Å². The van der Waals surface area contributed by atoms with E-state index in [1.165, 1.54) is 28.6 Å². The van der Waals surface area contributed by atoms with Crippen molar-refractivity contribution in [3.05, 3.63) is 101 Å². The van der Waals surface area contributed by atoms with Crippen LogP contribution < -0.4 is 5.73 Å². The maximum atomic E-state index is 13.5. The molecule has 9 heteroatoms. The van der Waals surface area contributed by atoms with Gasteiger partial charge in [-0.25, -0.2) is 12.8 Å². The minimum atomic E-state index is -3.59. The lowest BCUT2D eigenvalue weighted by atomic mass is 9.95. The number of nitrogens with two attached hydrogens (primary N) is 1. The van der Waals surface area contributed by atoms with Crippen molar-refractivity contribution in [2.45, 2.75) is 6.92 Å². The van der Waals surface area contributed by atoms with Crippen LogP contribution in [-0.2, 0) is 14.8 Å². The monoisotopic (exact) mass is 467 g/mol. The second kappa shape index (κ2) is 8.09. The van der Waals surface area contributed by atoms with Crippen LogP contribution in [0.5, 0.6) is 0 Å². The first-order valence-electron chi connectivity index (χ1n) is 10.3. The number of quaternary nitrogens is 1. The van der Waals surface area contributed by atoms with Gasteiger partial charge >= 0.3 is 0 Å². The fraction of sp³-hybridized carbons (Fsp3) is 0.167. The van der Waals surface area contributed by atoms with E-state index in [0.29, 0.717) is 28.2 Å². The predicted octanol–water partition coefficient (Wildman–Crippen LogP) is 2.95. The van der Waals surface area contributed by atoms with Crippen molar-refractivity contribution in [1.82, 2.24) is 4.31 Å². The second-order valence-corrected chi connectivity index (χ2v) is 9.88. The van der Waals surface area contributed by atoms with Gasteiger partial charge < -0.3 is 5.73 Å². The molecule has 2 heterocycles. The van der Waals surface area contributed by atoms with E-state index in [1.807, 2.05) is 30.3 Å². The Morgan fingerprint density at radius 2 is 1.73 bits per heavy atom. The van der Waals surface area contributed by atoms with Crippen molar-refractivity contribution in [3.8, 4) is 0 Å². The van der Waals surface area contributed by atoms with Crippen molar-refractivity contribution >= 4 is 27.2 Å². The van der Waals surface area contributed by atoms with Gasteiger partial charge in [-0.2, -0.15) is 0 Å². The molecule has 0 saturated carbocycles. The van der Waals surface area contributed by atoms with Crippen LogP contribution in [0.25, 0.3) is 5.57 Å². The third-order valence-corrected chi connectivity index (χ3v) is 6.88.